The number of hydrogen-bond acceptors (Lipinski definition) is 4. The molecule has 0 bridgehead atoms. The summed E-state index contributed by atoms with van der Waals surface area (Å²) < 4.78 is 0. The first kappa shape index (κ1) is 12.7. The van der Waals surface area contributed by atoms with Gasteiger partial charge in [0.25, 0.3) is 0 Å². The van der Waals surface area contributed by atoms with Crippen LogP contribution in [-0.4, -0.2) is 15.9 Å². The van der Waals surface area contributed by atoms with Gasteiger partial charge in [0.2, 0.25) is 5.91 Å². The van der Waals surface area contributed by atoms with E-state index in [1.54, 1.807) is 12.4 Å². The second-order valence-electron chi connectivity index (χ2n) is 4.43. The molecule has 2 rings (SSSR count). The minimum absolute atomic E-state index is 0.0112. The molecule has 0 unspecified atom stereocenters. The molecule has 2 aromatic rings. The summed E-state index contributed by atoms with van der Waals surface area (Å²) in [5, 5.41) is 5.37. The van der Waals surface area contributed by atoms with Crippen LogP contribution in [0.4, 0.5) is 5.13 Å². The Labute approximate surface area is 110 Å². The average Bonchev–Trinajstić information content (AvgIpc) is 2.77. The van der Waals surface area contributed by atoms with Gasteiger partial charge in [0, 0.05) is 29.8 Å². The third kappa shape index (κ3) is 3.37. The van der Waals surface area contributed by atoms with Crippen LogP contribution in [0, 0.1) is 5.92 Å². The molecule has 94 valence electrons. The van der Waals surface area contributed by atoms with E-state index in [4.69, 9.17) is 0 Å². The number of carbonyl (C=O) groups excluding carboxylic acids is 1. The third-order valence-electron chi connectivity index (χ3n) is 2.30. The molecular weight excluding hydrogens is 246 g/mol. The third-order valence-corrected chi connectivity index (χ3v) is 3.06. The van der Waals surface area contributed by atoms with Gasteiger partial charge in [0.1, 0.15) is 0 Å². The van der Waals surface area contributed by atoms with Crippen LogP contribution in [0.1, 0.15) is 20.3 Å². The maximum absolute atomic E-state index is 11.6. The molecular formula is C13H15N3OS. The molecule has 0 saturated carbocycles. The number of nitrogens with zero attached hydrogens (tertiary/aromatic N) is 2. The Bertz CT molecular complexity index is 522. The van der Waals surface area contributed by atoms with Crippen LogP contribution < -0.4 is 5.32 Å². The molecule has 0 aromatic carbocycles. The molecule has 0 atom stereocenters. The first-order valence-corrected chi connectivity index (χ1v) is 6.69. The SMILES string of the molecule is CC(C)CC(=O)Nc1nc(-c2cccnc2)cs1. The number of amides is 1. The van der Waals surface area contributed by atoms with Crippen LogP contribution >= 0.6 is 11.3 Å². The van der Waals surface area contributed by atoms with Gasteiger partial charge in [-0.2, -0.15) is 0 Å². The number of nitrogens with one attached hydrogen (secondary N) is 1. The van der Waals surface area contributed by atoms with Gasteiger partial charge < -0.3 is 5.32 Å². The monoisotopic (exact) mass is 261 g/mol. The maximum atomic E-state index is 11.6. The molecule has 0 aliphatic carbocycles. The van der Waals surface area contributed by atoms with Crippen LogP contribution in [0.2, 0.25) is 0 Å². The highest BCUT2D eigenvalue weighted by atomic mass is 32.1. The van der Waals surface area contributed by atoms with Gasteiger partial charge in [-0.15, -0.1) is 11.3 Å². The first-order valence-electron chi connectivity index (χ1n) is 5.81. The molecule has 0 fully saturated rings. The van der Waals surface area contributed by atoms with E-state index in [1.807, 2.05) is 31.4 Å². The Morgan fingerprint density at radius 3 is 3.00 bits per heavy atom. The Morgan fingerprint density at radius 2 is 2.33 bits per heavy atom. The molecule has 4 nitrogen and oxygen atoms in total. The second-order valence-corrected chi connectivity index (χ2v) is 5.28. The lowest BCUT2D eigenvalue weighted by molar-refractivity contribution is -0.116. The van der Waals surface area contributed by atoms with Gasteiger partial charge >= 0.3 is 0 Å². The lowest BCUT2D eigenvalue weighted by Gasteiger charge is -2.03. The van der Waals surface area contributed by atoms with Gasteiger partial charge in [0.15, 0.2) is 5.13 Å². The molecule has 18 heavy (non-hydrogen) atoms. The molecule has 1 amide bonds. The smallest absolute Gasteiger partial charge is 0.226 e. The van der Waals surface area contributed by atoms with Gasteiger partial charge in [-0.05, 0) is 18.1 Å². The first-order chi connectivity index (χ1) is 8.65. The van der Waals surface area contributed by atoms with E-state index in [2.05, 4.69) is 15.3 Å². The zero-order valence-electron chi connectivity index (χ0n) is 10.4. The average molecular weight is 261 g/mol. The van der Waals surface area contributed by atoms with Crippen molar-refractivity contribution >= 4 is 22.4 Å². The fourth-order valence-electron chi connectivity index (χ4n) is 1.52. The van der Waals surface area contributed by atoms with E-state index in [0.29, 0.717) is 17.5 Å². The van der Waals surface area contributed by atoms with E-state index in [-0.39, 0.29) is 5.91 Å². The largest absolute Gasteiger partial charge is 0.302 e. The Kier molecular flexibility index (Phi) is 4.04. The van der Waals surface area contributed by atoms with Gasteiger partial charge in [-0.3, -0.25) is 9.78 Å². The lowest BCUT2D eigenvalue weighted by atomic mass is 10.1. The second kappa shape index (κ2) is 5.73. The van der Waals surface area contributed by atoms with E-state index in [0.717, 1.165) is 11.3 Å². The Morgan fingerprint density at radius 1 is 1.50 bits per heavy atom. The summed E-state index contributed by atoms with van der Waals surface area (Å²) in [6.07, 6.45) is 4.00. The molecule has 2 heterocycles. The number of pyridine rings is 1. The highest BCUT2D eigenvalue weighted by Crippen LogP contribution is 2.24. The zero-order chi connectivity index (χ0) is 13.0. The minimum atomic E-state index is 0.0112. The fraction of sp³-hybridized carbons (Fsp3) is 0.308. The van der Waals surface area contributed by atoms with Crippen molar-refractivity contribution in [2.75, 3.05) is 5.32 Å². The highest BCUT2D eigenvalue weighted by Gasteiger charge is 2.09. The molecule has 1 N–H and O–H groups in total. The molecule has 0 saturated heterocycles. The Balaban J connectivity index is 2.05. The fourth-order valence-corrected chi connectivity index (χ4v) is 2.25. The van der Waals surface area contributed by atoms with E-state index < -0.39 is 0 Å². The van der Waals surface area contributed by atoms with Gasteiger partial charge in [0.05, 0.1) is 5.69 Å². The van der Waals surface area contributed by atoms with Crippen LogP contribution in [0.15, 0.2) is 29.9 Å². The minimum Gasteiger partial charge on any atom is -0.302 e. The van der Waals surface area contributed by atoms with Crippen LogP contribution in [0.25, 0.3) is 11.3 Å². The summed E-state index contributed by atoms with van der Waals surface area (Å²) in [5.74, 6) is 0.361. The predicted molar refractivity (Wildman–Crippen MR) is 73.4 cm³/mol. The zero-order valence-corrected chi connectivity index (χ0v) is 11.2. The van der Waals surface area contributed by atoms with Crippen molar-refractivity contribution < 1.29 is 4.79 Å². The number of rotatable bonds is 4. The number of hydrogen-bond donors (Lipinski definition) is 1. The van der Waals surface area contributed by atoms with Crippen molar-refractivity contribution in [3.63, 3.8) is 0 Å². The number of anilines is 1. The maximum Gasteiger partial charge on any atom is 0.226 e. The van der Waals surface area contributed by atoms with Crippen LogP contribution in [0.5, 0.6) is 0 Å². The van der Waals surface area contributed by atoms with Gasteiger partial charge in [-0.1, -0.05) is 13.8 Å². The highest BCUT2D eigenvalue weighted by molar-refractivity contribution is 7.14. The van der Waals surface area contributed by atoms with Crippen molar-refractivity contribution in [2.24, 2.45) is 5.92 Å². The summed E-state index contributed by atoms with van der Waals surface area (Å²) in [7, 11) is 0. The van der Waals surface area contributed by atoms with E-state index in [9.17, 15) is 4.79 Å². The summed E-state index contributed by atoms with van der Waals surface area (Å²) in [5.41, 5.74) is 1.80. The summed E-state index contributed by atoms with van der Waals surface area (Å²) in [6, 6.07) is 3.81. The quantitative estimate of drug-likeness (QED) is 0.919. The standard InChI is InChI=1S/C13H15N3OS/c1-9(2)6-12(17)16-13-15-11(8-18-13)10-4-3-5-14-7-10/h3-5,7-9H,6H2,1-2H3,(H,15,16,17). The molecule has 0 spiro atoms. The van der Waals surface area contributed by atoms with Crippen molar-refractivity contribution in [2.45, 2.75) is 20.3 Å². The summed E-state index contributed by atoms with van der Waals surface area (Å²) in [4.78, 5) is 20.0. The topological polar surface area (TPSA) is 54.9 Å². The van der Waals surface area contributed by atoms with Crippen LogP contribution in [0.3, 0.4) is 0 Å². The van der Waals surface area contributed by atoms with Crippen molar-refractivity contribution in [1.82, 2.24) is 9.97 Å². The number of carbonyl (C=O) groups is 1. The lowest BCUT2D eigenvalue weighted by Crippen LogP contribution is -2.13. The predicted octanol–water partition coefficient (Wildman–Crippen LogP) is 3.19. The summed E-state index contributed by atoms with van der Waals surface area (Å²) >= 11 is 1.43. The molecule has 0 radical (unpaired) electrons. The van der Waals surface area contributed by atoms with Crippen molar-refractivity contribution in [3.05, 3.63) is 29.9 Å². The number of thiazole rings is 1. The Hall–Kier alpha value is -1.75. The molecule has 0 aliphatic heterocycles. The normalized spacial score (nSPS) is 10.6. The number of aromatic nitrogens is 2. The van der Waals surface area contributed by atoms with E-state index >= 15 is 0 Å². The summed E-state index contributed by atoms with van der Waals surface area (Å²) in [6.45, 7) is 4.03. The van der Waals surface area contributed by atoms with Crippen LogP contribution in [-0.2, 0) is 4.79 Å². The van der Waals surface area contributed by atoms with Crippen molar-refractivity contribution in [3.8, 4) is 11.3 Å². The van der Waals surface area contributed by atoms with Crippen molar-refractivity contribution in [1.29, 1.82) is 0 Å². The van der Waals surface area contributed by atoms with Gasteiger partial charge in [-0.25, -0.2) is 4.98 Å². The molecule has 5 heteroatoms. The molecule has 0 aliphatic rings. The molecule has 2 aromatic heterocycles. The van der Waals surface area contributed by atoms with E-state index in [1.165, 1.54) is 11.3 Å².